The number of nitrogens with one attached hydrogen (secondary N) is 1. The minimum atomic E-state index is -0.753. The zero-order valence-electron chi connectivity index (χ0n) is 13.4. The fraction of sp³-hybridized carbons (Fsp3) is 0.316. The van der Waals surface area contributed by atoms with Gasteiger partial charge < -0.3 is 10.4 Å². The molecule has 2 N–H and O–H groups in total. The third kappa shape index (κ3) is 4.04. The molecule has 2 aromatic rings. The van der Waals surface area contributed by atoms with Crippen molar-refractivity contribution in [3.63, 3.8) is 0 Å². The summed E-state index contributed by atoms with van der Waals surface area (Å²) >= 11 is 3.49. The number of piperazine rings is 1. The van der Waals surface area contributed by atoms with Gasteiger partial charge in [-0.1, -0.05) is 58.4 Å². The predicted octanol–water partition coefficient (Wildman–Crippen LogP) is 3.29. The van der Waals surface area contributed by atoms with E-state index < -0.39 is 5.97 Å². The molecule has 1 heterocycles. The molecule has 1 aliphatic heterocycles. The van der Waals surface area contributed by atoms with Crippen LogP contribution in [-0.4, -0.2) is 41.7 Å². The maximum absolute atomic E-state index is 11.3. The predicted molar refractivity (Wildman–Crippen MR) is 98.0 cm³/mol. The number of halogens is 1. The van der Waals surface area contributed by atoms with Gasteiger partial charge in [0.05, 0.1) is 12.5 Å². The number of carboxylic acid groups (broad SMARTS) is 1. The van der Waals surface area contributed by atoms with E-state index in [-0.39, 0.29) is 18.5 Å². The minimum absolute atomic E-state index is 0.0231. The zero-order valence-corrected chi connectivity index (χ0v) is 14.9. The van der Waals surface area contributed by atoms with E-state index in [9.17, 15) is 9.90 Å². The molecule has 0 spiro atoms. The average Bonchev–Trinajstić information content (AvgIpc) is 2.59. The molecule has 2 unspecified atom stereocenters. The molecule has 0 amide bonds. The number of rotatable bonds is 5. The number of nitrogens with zero attached hydrogens (tertiary/aromatic N) is 1. The van der Waals surface area contributed by atoms with Crippen LogP contribution < -0.4 is 5.32 Å². The van der Waals surface area contributed by atoms with Gasteiger partial charge >= 0.3 is 5.97 Å². The largest absolute Gasteiger partial charge is 0.481 e. The molecular formula is C19H21BrN2O2. The van der Waals surface area contributed by atoms with Crippen LogP contribution in [0.2, 0.25) is 0 Å². The summed E-state index contributed by atoms with van der Waals surface area (Å²) in [6, 6.07) is 18.7. The van der Waals surface area contributed by atoms with Crippen LogP contribution in [-0.2, 0) is 4.79 Å². The molecule has 0 aliphatic carbocycles. The lowest BCUT2D eigenvalue weighted by Gasteiger charge is -2.41. The van der Waals surface area contributed by atoms with Gasteiger partial charge in [-0.15, -0.1) is 0 Å². The molecule has 0 aromatic heterocycles. The number of benzene rings is 2. The summed E-state index contributed by atoms with van der Waals surface area (Å²) in [4.78, 5) is 13.6. The molecule has 1 saturated heterocycles. The molecule has 1 aliphatic rings. The summed E-state index contributed by atoms with van der Waals surface area (Å²) in [6.07, 6.45) is 0.146. The summed E-state index contributed by atoms with van der Waals surface area (Å²) in [5.41, 5.74) is 2.37. The monoisotopic (exact) mass is 388 g/mol. The summed E-state index contributed by atoms with van der Waals surface area (Å²) in [5.74, 6) is -0.753. The van der Waals surface area contributed by atoms with Crippen molar-refractivity contribution in [1.29, 1.82) is 0 Å². The average molecular weight is 389 g/mol. The van der Waals surface area contributed by atoms with Gasteiger partial charge in [0.1, 0.15) is 0 Å². The van der Waals surface area contributed by atoms with Gasteiger partial charge in [0.25, 0.3) is 0 Å². The van der Waals surface area contributed by atoms with E-state index >= 15 is 0 Å². The standard InChI is InChI=1S/C19H21BrN2O2/c20-16-8-6-15(7-9-16)19(14-4-2-1-3-5-14)22-11-10-21-13-17(22)12-18(23)24/h1-9,17,19,21H,10-13H2,(H,23,24). The van der Waals surface area contributed by atoms with E-state index in [4.69, 9.17) is 0 Å². The van der Waals surface area contributed by atoms with Crippen LogP contribution in [0.3, 0.4) is 0 Å². The fourth-order valence-electron chi connectivity index (χ4n) is 3.36. The normalized spacial score (nSPS) is 19.8. The Balaban J connectivity index is 1.99. The lowest BCUT2D eigenvalue weighted by atomic mass is 9.94. The van der Waals surface area contributed by atoms with Gasteiger partial charge in [-0.25, -0.2) is 0 Å². The molecule has 126 valence electrons. The summed E-state index contributed by atoms with van der Waals surface area (Å²) < 4.78 is 1.04. The lowest BCUT2D eigenvalue weighted by Crippen LogP contribution is -2.53. The first-order valence-electron chi connectivity index (χ1n) is 8.14. The van der Waals surface area contributed by atoms with Gasteiger partial charge in [-0.3, -0.25) is 9.69 Å². The minimum Gasteiger partial charge on any atom is -0.481 e. The highest BCUT2D eigenvalue weighted by Gasteiger charge is 2.32. The zero-order chi connectivity index (χ0) is 16.9. The van der Waals surface area contributed by atoms with Gasteiger partial charge in [0.2, 0.25) is 0 Å². The van der Waals surface area contributed by atoms with Crippen LogP contribution in [0.5, 0.6) is 0 Å². The summed E-state index contributed by atoms with van der Waals surface area (Å²) in [7, 11) is 0. The van der Waals surface area contributed by atoms with Crippen molar-refractivity contribution in [1.82, 2.24) is 10.2 Å². The molecule has 2 atom stereocenters. The van der Waals surface area contributed by atoms with Gasteiger partial charge in [0, 0.05) is 30.1 Å². The summed E-state index contributed by atoms with van der Waals surface area (Å²) in [5, 5.41) is 12.6. The molecule has 24 heavy (non-hydrogen) atoms. The van der Waals surface area contributed by atoms with Gasteiger partial charge in [-0.2, -0.15) is 0 Å². The van der Waals surface area contributed by atoms with Crippen molar-refractivity contribution >= 4 is 21.9 Å². The highest BCUT2D eigenvalue weighted by atomic mass is 79.9. The third-order valence-corrected chi connectivity index (χ3v) is 4.97. The molecular weight excluding hydrogens is 368 g/mol. The highest BCUT2D eigenvalue weighted by molar-refractivity contribution is 9.10. The first-order chi connectivity index (χ1) is 11.6. The Bertz CT molecular complexity index is 676. The van der Waals surface area contributed by atoms with Crippen LogP contribution in [0, 0.1) is 0 Å². The lowest BCUT2D eigenvalue weighted by molar-refractivity contribution is -0.138. The Morgan fingerprint density at radius 2 is 1.83 bits per heavy atom. The number of carboxylic acids is 1. The smallest absolute Gasteiger partial charge is 0.304 e. The number of carbonyl (C=O) groups is 1. The second-order valence-corrected chi connectivity index (χ2v) is 6.97. The Morgan fingerprint density at radius 1 is 1.17 bits per heavy atom. The Kier molecular flexibility index (Phi) is 5.66. The topological polar surface area (TPSA) is 52.6 Å². The van der Waals surface area contributed by atoms with E-state index in [1.54, 1.807) is 0 Å². The Morgan fingerprint density at radius 3 is 2.50 bits per heavy atom. The van der Waals surface area contributed by atoms with Crippen molar-refractivity contribution in [3.8, 4) is 0 Å². The molecule has 0 bridgehead atoms. The maximum Gasteiger partial charge on any atom is 0.304 e. The van der Waals surface area contributed by atoms with Crippen molar-refractivity contribution < 1.29 is 9.90 Å². The first kappa shape index (κ1) is 17.1. The van der Waals surface area contributed by atoms with Crippen LogP contribution >= 0.6 is 15.9 Å². The van der Waals surface area contributed by atoms with Crippen molar-refractivity contribution in [2.24, 2.45) is 0 Å². The van der Waals surface area contributed by atoms with Crippen molar-refractivity contribution in [2.75, 3.05) is 19.6 Å². The first-order valence-corrected chi connectivity index (χ1v) is 8.93. The molecule has 5 heteroatoms. The Hall–Kier alpha value is -1.69. The second-order valence-electron chi connectivity index (χ2n) is 6.06. The van der Waals surface area contributed by atoms with Crippen LogP contribution in [0.1, 0.15) is 23.6 Å². The molecule has 3 rings (SSSR count). The van der Waals surface area contributed by atoms with E-state index in [1.165, 1.54) is 11.1 Å². The quantitative estimate of drug-likeness (QED) is 0.824. The van der Waals surface area contributed by atoms with Crippen molar-refractivity contribution in [2.45, 2.75) is 18.5 Å². The van der Waals surface area contributed by atoms with Crippen LogP contribution in [0.15, 0.2) is 59.1 Å². The number of hydrogen-bond donors (Lipinski definition) is 2. The highest BCUT2D eigenvalue weighted by Crippen LogP contribution is 2.32. The molecule has 4 nitrogen and oxygen atoms in total. The summed E-state index contributed by atoms with van der Waals surface area (Å²) in [6.45, 7) is 2.40. The molecule has 0 radical (unpaired) electrons. The number of aliphatic carboxylic acids is 1. The van der Waals surface area contributed by atoms with Gasteiger partial charge in [-0.05, 0) is 23.3 Å². The van der Waals surface area contributed by atoms with E-state index in [0.717, 1.165) is 17.6 Å². The van der Waals surface area contributed by atoms with E-state index in [1.807, 2.05) is 30.3 Å². The van der Waals surface area contributed by atoms with Crippen LogP contribution in [0.25, 0.3) is 0 Å². The fourth-order valence-corrected chi connectivity index (χ4v) is 3.63. The van der Waals surface area contributed by atoms with Crippen molar-refractivity contribution in [3.05, 3.63) is 70.2 Å². The van der Waals surface area contributed by atoms with Gasteiger partial charge in [0.15, 0.2) is 0 Å². The SMILES string of the molecule is O=C(O)CC1CNCCN1C(c1ccccc1)c1ccc(Br)cc1. The molecule has 1 fully saturated rings. The maximum atomic E-state index is 11.3. The molecule has 0 saturated carbocycles. The van der Waals surface area contributed by atoms with E-state index in [2.05, 4.69) is 50.4 Å². The third-order valence-electron chi connectivity index (χ3n) is 4.44. The second kappa shape index (κ2) is 7.92. The van der Waals surface area contributed by atoms with E-state index in [0.29, 0.717) is 6.54 Å². The van der Waals surface area contributed by atoms with Crippen LogP contribution in [0.4, 0.5) is 0 Å². The Labute approximate surface area is 150 Å². The molecule has 2 aromatic carbocycles. The number of hydrogen-bond acceptors (Lipinski definition) is 3.